The summed E-state index contributed by atoms with van der Waals surface area (Å²) in [7, 11) is 1.00. The van der Waals surface area contributed by atoms with Crippen LogP contribution in [-0.4, -0.2) is 28.9 Å². The molecule has 0 aromatic carbocycles. The van der Waals surface area contributed by atoms with Gasteiger partial charge in [-0.05, 0) is 25.0 Å². The third-order valence-electron chi connectivity index (χ3n) is 3.55. The third kappa shape index (κ3) is 3.71. The van der Waals surface area contributed by atoms with E-state index in [2.05, 4.69) is 6.58 Å². The third-order valence-corrected chi connectivity index (χ3v) is 3.55. The zero-order valence-electron chi connectivity index (χ0n) is 13.2. The van der Waals surface area contributed by atoms with Gasteiger partial charge >= 0.3 is 0 Å². The van der Waals surface area contributed by atoms with E-state index in [1.54, 1.807) is 12.2 Å². The van der Waals surface area contributed by atoms with Crippen LogP contribution < -0.4 is 0 Å². The highest BCUT2D eigenvalue weighted by Gasteiger charge is 2.26. The van der Waals surface area contributed by atoms with Crippen LogP contribution in [0.5, 0.6) is 0 Å². The first-order valence-electron chi connectivity index (χ1n) is 7.36. The highest BCUT2D eigenvalue weighted by molar-refractivity contribution is 6.10. The number of allylic oxidation sites excluding steroid dienone is 5. The topological polar surface area (TPSA) is 59.3 Å². The Morgan fingerprint density at radius 3 is 2.77 bits per heavy atom. The molecule has 0 saturated heterocycles. The van der Waals surface area contributed by atoms with E-state index in [9.17, 15) is 9.59 Å². The maximum absolute atomic E-state index is 12.6. The molecule has 0 aliphatic carbocycles. The van der Waals surface area contributed by atoms with Crippen molar-refractivity contribution >= 4 is 12.1 Å². The van der Waals surface area contributed by atoms with Crippen LogP contribution in [0.25, 0.3) is 0 Å². The fourth-order valence-corrected chi connectivity index (χ4v) is 2.54. The summed E-state index contributed by atoms with van der Waals surface area (Å²) >= 11 is 0. The lowest BCUT2D eigenvalue weighted by Crippen LogP contribution is -2.09. The van der Waals surface area contributed by atoms with Crippen LogP contribution in [0, 0.1) is 0 Å². The highest BCUT2D eigenvalue weighted by Crippen LogP contribution is 2.29. The Balaban J connectivity index is 0.00000116. The molecular weight excluding hydrogens is 278 g/mol. The fourth-order valence-electron chi connectivity index (χ4n) is 2.54. The van der Waals surface area contributed by atoms with E-state index in [1.165, 1.54) is 0 Å². The summed E-state index contributed by atoms with van der Waals surface area (Å²) in [6.45, 7) is 6.41. The van der Waals surface area contributed by atoms with E-state index in [0.29, 0.717) is 11.3 Å². The molecule has 2 rings (SSSR count). The summed E-state index contributed by atoms with van der Waals surface area (Å²) < 4.78 is 1.96. The van der Waals surface area contributed by atoms with E-state index in [4.69, 9.17) is 5.11 Å². The van der Waals surface area contributed by atoms with Crippen molar-refractivity contribution in [3.63, 3.8) is 0 Å². The van der Waals surface area contributed by atoms with Gasteiger partial charge in [0.15, 0.2) is 0 Å². The lowest BCUT2D eigenvalue weighted by atomic mass is 10.1. The molecule has 1 N–H and O–H groups in total. The second kappa shape index (κ2) is 8.95. The van der Waals surface area contributed by atoms with Crippen LogP contribution in [0.3, 0.4) is 0 Å². The molecule has 1 unspecified atom stereocenters. The predicted molar refractivity (Wildman–Crippen MR) is 88.0 cm³/mol. The number of aliphatic hydroxyl groups excluding tert-OH is 1. The zero-order valence-corrected chi connectivity index (χ0v) is 13.2. The van der Waals surface area contributed by atoms with Crippen molar-refractivity contribution in [2.45, 2.75) is 32.2 Å². The van der Waals surface area contributed by atoms with Gasteiger partial charge in [-0.2, -0.15) is 0 Å². The highest BCUT2D eigenvalue weighted by atomic mass is 16.2. The Morgan fingerprint density at radius 2 is 2.18 bits per heavy atom. The van der Waals surface area contributed by atoms with Crippen LogP contribution in [0.15, 0.2) is 48.6 Å². The Bertz CT molecular complexity index is 593. The van der Waals surface area contributed by atoms with Gasteiger partial charge in [-0.15, -0.1) is 0 Å². The number of aromatic nitrogens is 1. The molecular formula is C18H23NO3. The number of fused-ring (bicyclic) bond motifs is 1. The molecule has 1 aliphatic rings. The van der Waals surface area contributed by atoms with Crippen molar-refractivity contribution in [2.75, 3.05) is 7.11 Å². The fraction of sp³-hybridized carbons (Fsp3) is 0.333. The number of aliphatic hydroxyl groups is 1. The van der Waals surface area contributed by atoms with Crippen LogP contribution >= 0.6 is 0 Å². The standard InChI is InChI=1S/C17H19NO2.CH4O/c1-3-5-7-13(6-4-2)17(20)16-9-8-15-14(12-19)10-11-18(15)16;1-2/h4-9,12,14H,2-3,10-11H2,1H3;2H,1H3/b7-5-,13-6+;. The van der Waals surface area contributed by atoms with Crippen molar-refractivity contribution in [1.82, 2.24) is 4.57 Å². The maximum atomic E-state index is 12.6. The quantitative estimate of drug-likeness (QED) is 0.380. The number of rotatable bonds is 6. The van der Waals surface area contributed by atoms with Gasteiger partial charge in [-0.25, -0.2) is 0 Å². The van der Waals surface area contributed by atoms with Gasteiger partial charge in [0.2, 0.25) is 5.78 Å². The van der Waals surface area contributed by atoms with Crippen molar-refractivity contribution < 1.29 is 14.7 Å². The minimum absolute atomic E-state index is 0.0209. The first-order chi connectivity index (χ1) is 10.7. The molecule has 1 aromatic rings. The minimum Gasteiger partial charge on any atom is -0.400 e. The lowest BCUT2D eigenvalue weighted by Gasteiger charge is -2.06. The van der Waals surface area contributed by atoms with Crippen molar-refractivity contribution in [3.8, 4) is 0 Å². The van der Waals surface area contributed by atoms with Crippen molar-refractivity contribution in [1.29, 1.82) is 0 Å². The molecule has 0 spiro atoms. The molecule has 4 nitrogen and oxygen atoms in total. The van der Waals surface area contributed by atoms with E-state index >= 15 is 0 Å². The van der Waals surface area contributed by atoms with Gasteiger partial charge in [0, 0.05) is 24.9 Å². The number of ketones is 1. The summed E-state index contributed by atoms with van der Waals surface area (Å²) in [5.41, 5.74) is 2.22. The molecule has 2 heterocycles. The normalized spacial score (nSPS) is 16.9. The largest absolute Gasteiger partial charge is 0.400 e. The van der Waals surface area contributed by atoms with Crippen LogP contribution in [-0.2, 0) is 11.3 Å². The number of hydrogen-bond donors (Lipinski definition) is 1. The molecule has 4 heteroatoms. The van der Waals surface area contributed by atoms with Gasteiger partial charge in [0.05, 0.1) is 11.6 Å². The number of nitrogens with zero attached hydrogens (tertiary/aromatic N) is 1. The number of carbonyl (C=O) groups is 2. The summed E-state index contributed by atoms with van der Waals surface area (Å²) in [4.78, 5) is 23.6. The van der Waals surface area contributed by atoms with Gasteiger partial charge < -0.3 is 14.5 Å². The predicted octanol–water partition coefficient (Wildman–Crippen LogP) is 3.04. The summed E-state index contributed by atoms with van der Waals surface area (Å²) in [5.74, 6) is -0.0954. The second-order valence-corrected chi connectivity index (χ2v) is 4.82. The molecule has 0 radical (unpaired) electrons. The number of Topliss-reactive ketones (excluding diaryl/α,β-unsaturated/α-hetero) is 1. The summed E-state index contributed by atoms with van der Waals surface area (Å²) in [6.07, 6.45) is 9.75. The Morgan fingerprint density at radius 1 is 1.45 bits per heavy atom. The molecule has 1 atom stereocenters. The minimum atomic E-state index is -0.0745. The zero-order chi connectivity index (χ0) is 16.5. The second-order valence-electron chi connectivity index (χ2n) is 4.82. The SMILES string of the molecule is C=C/C=C(\C=C/CC)C(=O)c1ccc2n1CCC2C=O.CO. The summed E-state index contributed by atoms with van der Waals surface area (Å²) in [5, 5.41) is 7.00. The molecule has 0 amide bonds. The molecule has 118 valence electrons. The van der Waals surface area contributed by atoms with Gasteiger partial charge in [-0.1, -0.05) is 37.8 Å². The Labute approximate surface area is 131 Å². The van der Waals surface area contributed by atoms with E-state index < -0.39 is 0 Å². The van der Waals surface area contributed by atoms with Gasteiger partial charge in [0.25, 0.3) is 0 Å². The monoisotopic (exact) mass is 301 g/mol. The van der Waals surface area contributed by atoms with Crippen LogP contribution in [0.1, 0.15) is 41.9 Å². The van der Waals surface area contributed by atoms with Crippen molar-refractivity contribution in [3.05, 3.63) is 60.0 Å². The first-order valence-corrected chi connectivity index (χ1v) is 7.36. The maximum Gasteiger partial charge on any atom is 0.209 e. The number of carbonyl (C=O) groups excluding carboxylic acids is 2. The van der Waals surface area contributed by atoms with Crippen molar-refractivity contribution in [2.24, 2.45) is 0 Å². The molecule has 0 bridgehead atoms. The average molecular weight is 301 g/mol. The van der Waals surface area contributed by atoms with E-state index in [-0.39, 0.29) is 11.7 Å². The van der Waals surface area contributed by atoms with Gasteiger partial charge in [-0.3, -0.25) is 4.79 Å². The smallest absolute Gasteiger partial charge is 0.209 e. The summed E-state index contributed by atoms with van der Waals surface area (Å²) in [6, 6.07) is 3.69. The van der Waals surface area contributed by atoms with Crippen LogP contribution in [0.2, 0.25) is 0 Å². The van der Waals surface area contributed by atoms with E-state index in [1.807, 2.05) is 35.8 Å². The molecule has 1 aliphatic heterocycles. The first kappa shape index (κ1) is 17.9. The molecule has 0 fully saturated rings. The van der Waals surface area contributed by atoms with E-state index in [0.717, 1.165) is 38.5 Å². The average Bonchev–Trinajstić information content (AvgIpc) is 3.14. The lowest BCUT2D eigenvalue weighted by molar-refractivity contribution is -0.109. The molecule has 1 aromatic heterocycles. The number of aldehydes is 1. The number of hydrogen-bond acceptors (Lipinski definition) is 3. The molecule has 22 heavy (non-hydrogen) atoms. The van der Waals surface area contributed by atoms with Crippen LogP contribution in [0.4, 0.5) is 0 Å². The Hall–Kier alpha value is -2.20. The molecule has 0 saturated carbocycles. The Kier molecular flexibility index (Phi) is 7.26. The van der Waals surface area contributed by atoms with Gasteiger partial charge in [0.1, 0.15) is 6.29 Å².